The number of aliphatic hydroxyl groups excluding tert-OH is 2. The Balaban J connectivity index is 3.53. The van der Waals surface area contributed by atoms with Crippen LogP contribution in [0.1, 0.15) is 335 Å². The van der Waals surface area contributed by atoms with Crippen LogP contribution in [0.2, 0.25) is 0 Å². The Labute approximate surface area is 450 Å². The third-order valence-corrected chi connectivity index (χ3v) is 14.6. The zero-order chi connectivity index (χ0) is 52.0. The molecule has 0 rings (SSSR count). The molecule has 0 fully saturated rings. The molecule has 2 unspecified atom stereocenters. The van der Waals surface area contributed by atoms with Gasteiger partial charge in [0.1, 0.15) is 0 Å². The van der Waals surface area contributed by atoms with Crippen molar-refractivity contribution < 1.29 is 15.0 Å². The van der Waals surface area contributed by atoms with E-state index in [0.717, 1.165) is 51.4 Å². The van der Waals surface area contributed by atoms with Gasteiger partial charge in [-0.3, -0.25) is 4.79 Å². The predicted molar refractivity (Wildman–Crippen MR) is 322 cm³/mol. The number of amides is 1. The van der Waals surface area contributed by atoms with Gasteiger partial charge in [0.05, 0.1) is 18.8 Å². The summed E-state index contributed by atoms with van der Waals surface area (Å²) in [7, 11) is 0. The van der Waals surface area contributed by atoms with Crippen molar-refractivity contribution >= 4 is 5.91 Å². The van der Waals surface area contributed by atoms with E-state index >= 15 is 0 Å². The molecule has 0 aliphatic rings. The molecule has 0 aromatic rings. The maximum absolute atomic E-state index is 12.5. The molecule has 0 radical (unpaired) electrons. The summed E-state index contributed by atoms with van der Waals surface area (Å²) in [5, 5.41) is 23.2. The van der Waals surface area contributed by atoms with Gasteiger partial charge >= 0.3 is 0 Å². The number of carbonyl (C=O) groups is 1. The molecule has 0 aliphatic heterocycles. The minimum Gasteiger partial charge on any atom is -0.394 e. The maximum atomic E-state index is 12.5. The third kappa shape index (κ3) is 58.7. The molecule has 0 aromatic carbocycles. The Morgan fingerprint density at radius 3 is 0.903 bits per heavy atom. The molecule has 0 aromatic heterocycles. The lowest BCUT2D eigenvalue weighted by molar-refractivity contribution is -0.123. The molecule has 1 amide bonds. The lowest BCUT2D eigenvalue weighted by Gasteiger charge is -2.19. The van der Waals surface area contributed by atoms with Gasteiger partial charge in [0, 0.05) is 6.42 Å². The van der Waals surface area contributed by atoms with E-state index in [4.69, 9.17) is 0 Å². The van der Waals surface area contributed by atoms with Crippen molar-refractivity contribution in [1.29, 1.82) is 0 Å². The number of aliphatic hydroxyl groups is 2. The van der Waals surface area contributed by atoms with E-state index in [0.29, 0.717) is 6.42 Å². The second-order valence-electron chi connectivity index (χ2n) is 21.8. The summed E-state index contributed by atoms with van der Waals surface area (Å²) in [6.45, 7) is 4.31. The number of allylic oxidation sites excluding steroid dienone is 11. The number of nitrogens with one attached hydrogen (secondary N) is 1. The molecule has 0 spiro atoms. The molecule has 0 aliphatic carbocycles. The Kier molecular flexibility index (Phi) is 61.2. The summed E-state index contributed by atoms with van der Waals surface area (Å²) in [6, 6.07) is -0.650. The van der Waals surface area contributed by atoms with Crippen LogP contribution < -0.4 is 5.32 Å². The van der Waals surface area contributed by atoms with Gasteiger partial charge in [-0.15, -0.1) is 0 Å². The van der Waals surface area contributed by atoms with Gasteiger partial charge in [0.25, 0.3) is 0 Å². The first-order valence-corrected chi connectivity index (χ1v) is 32.2. The Morgan fingerprint density at radius 2 is 0.583 bits per heavy atom. The van der Waals surface area contributed by atoms with Crippen LogP contribution in [-0.4, -0.2) is 34.9 Å². The lowest BCUT2D eigenvalue weighted by Crippen LogP contribution is -2.45. The normalized spacial score (nSPS) is 13.2. The topological polar surface area (TPSA) is 69.6 Å². The smallest absolute Gasteiger partial charge is 0.220 e. The fraction of sp³-hybridized carbons (Fsp3) is 0.809. The van der Waals surface area contributed by atoms with Crippen LogP contribution in [0.3, 0.4) is 0 Å². The molecular weight excluding hydrogens is 879 g/mol. The van der Waals surface area contributed by atoms with E-state index in [1.54, 1.807) is 6.08 Å². The average molecular weight is 1000 g/mol. The summed E-state index contributed by atoms with van der Waals surface area (Å²) in [5.41, 5.74) is 0. The summed E-state index contributed by atoms with van der Waals surface area (Å²) < 4.78 is 0. The van der Waals surface area contributed by atoms with Gasteiger partial charge < -0.3 is 15.5 Å². The number of hydrogen-bond donors (Lipinski definition) is 3. The fourth-order valence-electron chi connectivity index (χ4n) is 9.75. The molecule has 420 valence electrons. The highest BCUT2D eigenvalue weighted by molar-refractivity contribution is 5.76. The van der Waals surface area contributed by atoms with Crippen LogP contribution in [0.15, 0.2) is 72.9 Å². The number of unbranched alkanes of at least 4 members (excludes halogenated alkanes) is 42. The molecule has 4 heteroatoms. The van der Waals surface area contributed by atoms with Gasteiger partial charge in [-0.1, -0.05) is 318 Å². The lowest BCUT2D eigenvalue weighted by atomic mass is 10.0. The van der Waals surface area contributed by atoms with Crippen molar-refractivity contribution in [2.45, 2.75) is 347 Å². The molecule has 72 heavy (non-hydrogen) atoms. The molecular formula is C68H125NO3. The van der Waals surface area contributed by atoms with Crippen LogP contribution >= 0.6 is 0 Å². The Bertz CT molecular complexity index is 1230. The Hall–Kier alpha value is -2.17. The van der Waals surface area contributed by atoms with E-state index in [-0.39, 0.29) is 12.5 Å². The van der Waals surface area contributed by atoms with Crippen molar-refractivity contribution in [2.75, 3.05) is 6.61 Å². The zero-order valence-electron chi connectivity index (χ0n) is 48.4. The predicted octanol–water partition coefficient (Wildman–Crippen LogP) is 21.7. The minimum absolute atomic E-state index is 0.0756. The van der Waals surface area contributed by atoms with Gasteiger partial charge in [-0.25, -0.2) is 0 Å². The summed E-state index contributed by atoms with van der Waals surface area (Å²) in [5.74, 6) is -0.0756. The second kappa shape index (κ2) is 63.1. The van der Waals surface area contributed by atoms with Crippen molar-refractivity contribution in [3.8, 4) is 0 Å². The molecule has 0 bridgehead atoms. The van der Waals surface area contributed by atoms with E-state index in [1.807, 2.05) is 6.08 Å². The largest absolute Gasteiger partial charge is 0.394 e. The standard InChI is InChI=1S/C68H125NO3/c1-3-5-7-9-11-13-15-17-19-21-23-25-27-29-31-33-34-36-38-40-42-44-46-48-50-52-54-56-58-60-62-64-68(72)69-66(65-70)67(71)63-61-59-57-55-53-51-49-47-45-43-41-39-37-35-32-30-28-26-24-22-20-18-16-14-12-10-8-6-4-2/h15,17,21,23,27,29,45,47,53,55,61,63,66-67,70-71H,3-14,16,18-20,22,24-26,28,30-44,46,48-52,54,56-60,62,64-65H2,1-2H3,(H,69,72)/b17-15-,23-21-,29-27-,47-45+,55-53+,63-61+. The van der Waals surface area contributed by atoms with E-state index in [2.05, 4.69) is 79.9 Å². The van der Waals surface area contributed by atoms with E-state index in [9.17, 15) is 15.0 Å². The molecule has 0 saturated heterocycles. The SMILES string of the molecule is CCCCCCC/C=C\C/C=C\C/C=C\CCCCCCCCCCCCCCCCCCC(=O)NC(CO)C(O)/C=C/CC/C=C/CC/C=C/CCCCCCCCCCCCCCCCCCCCC. The molecule has 2 atom stereocenters. The van der Waals surface area contributed by atoms with Crippen LogP contribution in [0, 0.1) is 0 Å². The van der Waals surface area contributed by atoms with E-state index in [1.165, 1.54) is 263 Å². The van der Waals surface area contributed by atoms with Crippen LogP contribution in [-0.2, 0) is 4.79 Å². The first-order valence-electron chi connectivity index (χ1n) is 32.2. The summed E-state index contributed by atoms with van der Waals surface area (Å²) >= 11 is 0. The highest BCUT2D eigenvalue weighted by atomic mass is 16.3. The van der Waals surface area contributed by atoms with Crippen LogP contribution in [0.5, 0.6) is 0 Å². The first kappa shape index (κ1) is 69.8. The maximum Gasteiger partial charge on any atom is 0.220 e. The van der Waals surface area contributed by atoms with Crippen LogP contribution in [0.4, 0.5) is 0 Å². The number of hydrogen-bond acceptors (Lipinski definition) is 3. The number of rotatable bonds is 59. The van der Waals surface area contributed by atoms with Crippen molar-refractivity contribution in [2.24, 2.45) is 0 Å². The minimum atomic E-state index is -0.874. The van der Waals surface area contributed by atoms with Crippen molar-refractivity contribution in [1.82, 2.24) is 5.32 Å². The highest BCUT2D eigenvalue weighted by Crippen LogP contribution is 2.17. The zero-order valence-corrected chi connectivity index (χ0v) is 48.4. The summed E-state index contributed by atoms with van der Waals surface area (Å²) in [4.78, 5) is 12.5. The number of carbonyl (C=O) groups excluding carboxylic acids is 1. The van der Waals surface area contributed by atoms with Crippen molar-refractivity contribution in [3.05, 3.63) is 72.9 Å². The van der Waals surface area contributed by atoms with Gasteiger partial charge in [-0.05, 0) is 83.5 Å². The Morgan fingerprint density at radius 1 is 0.333 bits per heavy atom. The first-order chi connectivity index (χ1) is 35.7. The third-order valence-electron chi connectivity index (χ3n) is 14.6. The van der Waals surface area contributed by atoms with Crippen LogP contribution in [0.25, 0.3) is 0 Å². The highest BCUT2D eigenvalue weighted by Gasteiger charge is 2.18. The monoisotopic (exact) mass is 1000 g/mol. The average Bonchev–Trinajstić information content (AvgIpc) is 3.39. The van der Waals surface area contributed by atoms with Crippen molar-refractivity contribution in [3.63, 3.8) is 0 Å². The molecule has 4 nitrogen and oxygen atoms in total. The van der Waals surface area contributed by atoms with Gasteiger partial charge in [0.15, 0.2) is 0 Å². The van der Waals surface area contributed by atoms with Gasteiger partial charge in [-0.2, -0.15) is 0 Å². The van der Waals surface area contributed by atoms with Gasteiger partial charge in [0.2, 0.25) is 5.91 Å². The molecule has 3 N–H and O–H groups in total. The quantitative estimate of drug-likeness (QED) is 0.0420. The van der Waals surface area contributed by atoms with E-state index < -0.39 is 12.1 Å². The second-order valence-corrected chi connectivity index (χ2v) is 21.8. The molecule has 0 heterocycles. The fourth-order valence-corrected chi connectivity index (χ4v) is 9.75. The summed E-state index contributed by atoms with van der Waals surface area (Å²) in [6.07, 6.45) is 91.0. The molecule has 0 saturated carbocycles.